The molecule has 1 heterocycles. The topological polar surface area (TPSA) is 37.8 Å². The molecule has 0 saturated heterocycles. The molecule has 116 valence electrons. The van der Waals surface area contributed by atoms with E-state index in [1.807, 2.05) is 0 Å². The van der Waals surface area contributed by atoms with Crippen molar-refractivity contribution in [3.63, 3.8) is 0 Å². The Hall–Kier alpha value is -0.900. The second-order valence-corrected chi connectivity index (χ2v) is 5.05. The molecule has 3 nitrogen and oxygen atoms in total. The van der Waals surface area contributed by atoms with Gasteiger partial charge in [-0.2, -0.15) is 26.3 Å². The summed E-state index contributed by atoms with van der Waals surface area (Å²) in [6.45, 7) is 4.05. The van der Waals surface area contributed by atoms with Crippen LogP contribution >= 0.6 is 11.3 Å². The lowest BCUT2D eigenvalue weighted by Crippen LogP contribution is -2.34. The first-order valence-electron chi connectivity index (χ1n) is 5.81. The molecule has 0 bridgehead atoms. The van der Waals surface area contributed by atoms with E-state index in [0.29, 0.717) is 24.3 Å². The molecule has 1 rings (SSSR count). The molecule has 1 aromatic heterocycles. The monoisotopic (exact) mass is 321 g/mol. The quantitative estimate of drug-likeness (QED) is 0.838. The van der Waals surface area contributed by atoms with Gasteiger partial charge in [0.15, 0.2) is 0 Å². The summed E-state index contributed by atoms with van der Waals surface area (Å²) in [5.41, 5.74) is 0. The Morgan fingerprint density at radius 1 is 1.00 bits per heavy atom. The summed E-state index contributed by atoms with van der Waals surface area (Å²) in [6.07, 6.45) is -10.4. The van der Waals surface area contributed by atoms with Crippen molar-refractivity contribution in [2.45, 2.75) is 44.6 Å². The van der Waals surface area contributed by atoms with E-state index in [2.05, 4.69) is 15.5 Å². The first kappa shape index (κ1) is 17.2. The second kappa shape index (κ2) is 6.25. The van der Waals surface area contributed by atoms with Gasteiger partial charge in [0, 0.05) is 0 Å². The van der Waals surface area contributed by atoms with Gasteiger partial charge in [0.05, 0.1) is 6.04 Å². The van der Waals surface area contributed by atoms with Gasteiger partial charge < -0.3 is 5.32 Å². The lowest BCUT2D eigenvalue weighted by atomic mass is 10.1. The van der Waals surface area contributed by atoms with Crippen LogP contribution < -0.4 is 5.32 Å². The molecule has 0 saturated carbocycles. The molecule has 1 aromatic rings. The van der Waals surface area contributed by atoms with Gasteiger partial charge in [-0.3, -0.25) is 0 Å². The summed E-state index contributed by atoms with van der Waals surface area (Å²) in [6, 6.07) is -0.395. The second-order valence-electron chi connectivity index (χ2n) is 4.01. The average Bonchev–Trinajstić information content (AvgIpc) is 2.70. The number of hydrogen-bond acceptors (Lipinski definition) is 4. The van der Waals surface area contributed by atoms with Crippen molar-refractivity contribution >= 4 is 11.3 Å². The normalized spacial score (nSPS) is 14.8. The zero-order valence-corrected chi connectivity index (χ0v) is 11.5. The van der Waals surface area contributed by atoms with Gasteiger partial charge in [-0.1, -0.05) is 25.2 Å². The molecule has 1 N–H and O–H groups in total. The molecule has 0 amide bonds. The number of halogens is 6. The highest BCUT2D eigenvalue weighted by Gasteiger charge is 2.59. The highest BCUT2D eigenvalue weighted by atomic mass is 32.1. The standard InChI is InChI=1S/C10H13F6N3S/c1-3-5(17-4-2)7-18-19-8(20-7)6(9(11,12)13)10(14,15)16/h5-6,17H,3-4H2,1-2H3. The van der Waals surface area contributed by atoms with E-state index in [4.69, 9.17) is 0 Å². The fourth-order valence-electron chi connectivity index (χ4n) is 1.62. The van der Waals surface area contributed by atoms with Gasteiger partial charge in [-0.25, -0.2) is 0 Å². The molecule has 0 spiro atoms. The SMILES string of the molecule is CCNC(CC)c1nnc(C(C(F)(F)F)C(F)(F)F)s1. The highest BCUT2D eigenvalue weighted by Crippen LogP contribution is 2.47. The minimum absolute atomic E-state index is 0.128. The van der Waals surface area contributed by atoms with Crippen LogP contribution in [0, 0.1) is 0 Å². The van der Waals surface area contributed by atoms with Crippen molar-refractivity contribution < 1.29 is 26.3 Å². The van der Waals surface area contributed by atoms with Crippen LogP contribution in [0.3, 0.4) is 0 Å². The van der Waals surface area contributed by atoms with E-state index in [1.165, 1.54) is 0 Å². The molecule has 0 radical (unpaired) electrons. The third-order valence-electron chi connectivity index (χ3n) is 2.51. The number of rotatable bonds is 5. The Kier molecular flexibility index (Phi) is 5.36. The summed E-state index contributed by atoms with van der Waals surface area (Å²) in [4.78, 5) is 0. The number of nitrogens with one attached hydrogen (secondary N) is 1. The van der Waals surface area contributed by atoms with Crippen molar-refractivity contribution in [3.8, 4) is 0 Å². The van der Waals surface area contributed by atoms with E-state index >= 15 is 0 Å². The van der Waals surface area contributed by atoms with Crippen LogP contribution in [-0.4, -0.2) is 29.1 Å². The molecular weight excluding hydrogens is 308 g/mol. The smallest absolute Gasteiger partial charge is 0.308 e. The largest absolute Gasteiger partial charge is 0.406 e. The van der Waals surface area contributed by atoms with Gasteiger partial charge in [-0.05, 0) is 13.0 Å². The number of nitrogens with zero attached hydrogens (tertiary/aromatic N) is 2. The van der Waals surface area contributed by atoms with Crippen LogP contribution in [0.5, 0.6) is 0 Å². The van der Waals surface area contributed by atoms with E-state index in [-0.39, 0.29) is 5.01 Å². The Bertz CT molecular complexity index is 413. The fourth-order valence-corrected chi connectivity index (χ4v) is 2.78. The first-order chi connectivity index (χ1) is 9.11. The van der Waals surface area contributed by atoms with Crippen molar-refractivity contribution in [2.24, 2.45) is 0 Å². The van der Waals surface area contributed by atoms with Crippen LogP contribution in [0.15, 0.2) is 0 Å². The highest BCUT2D eigenvalue weighted by molar-refractivity contribution is 7.11. The molecule has 1 atom stereocenters. The summed E-state index contributed by atoms with van der Waals surface area (Å²) < 4.78 is 75.3. The van der Waals surface area contributed by atoms with Crippen molar-refractivity contribution in [2.75, 3.05) is 6.54 Å². The minimum Gasteiger partial charge on any atom is -0.308 e. The minimum atomic E-state index is -5.44. The molecular formula is C10H13F6N3S. The molecule has 0 aliphatic heterocycles. The van der Waals surface area contributed by atoms with E-state index in [9.17, 15) is 26.3 Å². The van der Waals surface area contributed by atoms with Gasteiger partial charge in [0.2, 0.25) is 5.92 Å². The Morgan fingerprint density at radius 3 is 1.90 bits per heavy atom. The molecule has 0 aromatic carbocycles. The van der Waals surface area contributed by atoms with E-state index < -0.39 is 29.3 Å². The predicted molar refractivity (Wildman–Crippen MR) is 61.5 cm³/mol. The molecule has 0 aliphatic rings. The summed E-state index contributed by atoms with van der Waals surface area (Å²) >= 11 is 0.343. The Morgan fingerprint density at radius 2 is 1.50 bits per heavy atom. The van der Waals surface area contributed by atoms with Crippen molar-refractivity contribution in [1.82, 2.24) is 15.5 Å². The van der Waals surface area contributed by atoms with Crippen molar-refractivity contribution in [1.29, 1.82) is 0 Å². The van der Waals surface area contributed by atoms with Crippen LogP contribution in [0.2, 0.25) is 0 Å². The molecule has 0 fully saturated rings. The fraction of sp³-hybridized carbons (Fsp3) is 0.800. The number of aromatic nitrogens is 2. The molecule has 0 aliphatic carbocycles. The third kappa shape index (κ3) is 4.05. The average molecular weight is 321 g/mol. The first-order valence-corrected chi connectivity index (χ1v) is 6.63. The lowest BCUT2D eigenvalue weighted by molar-refractivity contribution is -0.253. The summed E-state index contributed by atoms with van der Waals surface area (Å²) in [5.74, 6) is -3.58. The predicted octanol–water partition coefficient (Wildman–Crippen LogP) is 3.81. The van der Waals surface area contributed by atoms with E-state index in [1.54, 1.807) is 13.8 Å². The van der Waals surface area contributed by atoms with Gasteiger partial charge in [-0.15, -0.1) is 10.2 Å². The maximum Gasteiger partial charge on any atom is 0.406 e. The van der Waals surface area contributed by atoms with Gasteiger partial charge >= 0.3 is 12.4 Å². The Balaban J connectivity index is 3.10. The van der Waals surface area contributed by atoms with Crippen LogP contribution in [0.1, 0.15) is 42.2 Å². The molecule has 20 heavy (non-hydrogen) atoms. The van der Waals surface area contributed by atoms with Gasteiger partial charge in [0.1, 0.15) is 10.0 Å². The number of hydrogen-bond donors (Lipinski definition) is 1. The zero-order valence-electron chi connectivity index (χ0n) is 10.6. The van der Waals surface area contributed by atoms with Crippen LogP contribution in [0.4, 0.5) is 26.3 Å². The van der Waals surface area contributed by atoms with Crippen LogP contribution in [0.25, 0.3) is 0 Å². The third-order valence-corrected chi connectivity index (χ3v) is 3.62. The van der Waals surface area contributed by atoms with Gasteiger partial charge in [0.25, 0.3) is 0 Å². The zero-order chi connectivity index (χ0) is 15.6. The number of alkyl halides is 6. The lowest BCUT2D eigenvalue weighted by Gasteiger charge is -2.20. The molecule has 10 heteroatoms. The Labute approximate surface area is 115 Å². The molecule has 1 unspecified atom stereocenters. The maximum atomic E-state index is 12.5. The van der Waals surface area contributed by atoms with E-state index in [0.717, 1.165) is 0 Å². The maximum absolute atomic E-state index is 12.5. The van der Waals surface area contributed by atoms with Crippen molar-refractivity contribution in [3.05, 3.63) is 10.0 Å². The summed E-state index contributed by atoms with van der Waals surface area (Å²) in [5, 5.41) is 8.53. The summed E-state index contributed by atoms with van der Waals surface area (Å²) in [7, 11) is 0. The van der Waals surface area contributed by atoms with Crippen LogP contribution in [-0.2, 0) is 0 Å².